The molecule has 0 aliphatic heterocycles. The van der Waals surface area contributed by atoms with Gasteiger partial charge < -0.3 is 5.32 Å². The molecule has 0 unspecified atom stereocenters. The van der Waals surface area contributed by atoms with E-state index in [9.17, 15) is 4.79 Å². The number of rotatable bonds is 5. The summed E-state index contributed by atoms with van der Waals surface area (Å²) >= 11 is 5.82. The molecule has 0 radical (unpaired) electrons. The fourth-order valence-corrected chi connectivity index (χ4v) is 1.98. The predicted octanol–water partition coefficient (Wildman–Crippen LogP) is 4.30. The smallest absolute Gasteiger partial charge is 0.224 e. The van der Waals surface area contributed by atoms with Crippen molar-refractivity contribution in [2.24, 2.45) is 0 Å². The fourth-order valence-electron chi connectivity index (χ4n) is 1.85. The summed E-state index contributed by atoms with van der Waals surface area (Å²) in [5, 5.41) is 3.62. The molecule has 0 saturated heterocycles. The van der Waals surface area contributed by atoms with Crippen molar-refractivity contribution in [3.63, 3.8) is 0 Å². The Morgan fingerprint density at radius 2 is 1.68 bits per heavy atom. The third-order valence-electron chi connectivity index (χ3n) is 2.84. The molecular formula is C16H16ClNO. The molecule has 0 atom stereocenters. The first-order valence-corrected chi connectivity index (χ1v) is 6.71. The van der Waals surface area contributed by atoms with Gasteiger partial charge in [-0.2, -0.15) is 0 Å². The van der Waals surface area contributed by atoms with Crippen LogP contribution in [0.25, 0.3) is 0 Å². The van der Waals surface area contributed by atoms with E-state index in [1.54, 1.807) is 0 Å². The molecule has 0 aromatic heterocycles. The first-order chi connectivity index (χ1) is 9.24. The van der Waals surface area contributed by atoms with Crippen LogP contribution in [-0.4, -0.2) is 5.91 Å². The van der Waals surface area contributed by atoms with E-state index < -0.39 is 0 Å². The highest BCUT2D eigenvalue weighted by atomic mass is 35.5. The molecule has 1 N–H and O–H groups in total. The van der Waals surface area contributed by atoms with Crippen molar-refractivity contribution in [3.8, 4) is 0 Å². The molecular weight excluding hydrogens is 258 g/mol. The lowest BCUT2D eigenvalue weighted by molar-refractivity contribution is -0.116. The van der Waals surface area contributed by atoms with Crippen molar-refractivity contribution in [2.45, 2.75) is 19.3 Å². The molecule has 0 bridgehead atoms. The molecule has 0 aliphatic carbocycles. The van der Waals surface area contributed by atoms with E-state index in [-0.39, 0.29) is 5.91 Å². The van der Waals surface area contributed by atoms with Crippen LogP contribution in [0.3, 0.4) is 0 Å². The van der Waals surface area contributed by atoms with E-state index in [0.29, 0.717) is 6.42 Å². The molecule has 3 heteroatoms. The Hall–Kier alpha value is -1.80. The van der Waals surface area contributed by atoms with Crippen LogP contribution in [0, 0.1) is 0 Å². The lowest BCUT2D eigenvalue weighted by Gasteiger charge is -2.05. The maximum Gasteiger partial charge on any atom is 0.224 e. The Morgan fingerprint density at radius 1 is 1.00 bits per heavy atom. The predicted molar refractivity (Wildman–Crippen MR) is 79.5 cm³/mol. The number of halogens is 1. The van der Waals surface area contributed by atoms with Gasteiger partial charge in [0.1, 0.15) is 0 Å². The zero-order chi connectivity index (χ0) is 13.5. The Labute approximate surface area is 118 Å². The van der Waals surface area contributed by atoms with Gasteiger partial charge in [-0.15, -0.1) is 0 Å². The zero-order valence-corrected chi connectivity index (χ0v) is 11.4. The number of carbonyl (C=O) groups excluding carboxylic acids is 1. The quantitative estimate of drug-likeness (QED) is 0.864. The van der Waals surface area contributed by atoms with Crippen LogP contribution >= 0.6 is 11.6 Å². The average Bonchev–Trinajstić information content (AvgIpc) is 2.42. The monoisotopic (exact) mass is 273 g/mol. The van der Waals surface area contributed by atoms with Crippen LogP contribution in [0.1, 0.15) is 18.4 Å². The van der Waals surface area contributed by atoms with E-state index >= 15 is 0 Å². The summed E-state index contributed by atoms with van der Waals surface area (Å²) in [6.45, 7) is 0. The van der Waals surface area contributed by atoms with Crippen LogP contribution < -0.4 is 5.32 Å². The van der Waals surface area contributed by atoms with Crippen molar-refractivity contribution >= 4 is 23.2 Å². The van der Waals surface area contributed by atoms with E-state index in [1.165, 1.54) is 5.56 Å². The summed E-state index contributed by atoms with van der Waals surface area (Å²) < 4.78 is 0. The lowest BCUT2D eigenvalue weighted by atomic mass is 10.1. The lowest BCUT2D eigenvalue weighted by Crippen LogP contribution is -2.11. The summed E-state index contributed by atoms with van der Waals surface area (Å²) in [6.07, 6.45) is 2.25. The molecule has 1 amide bonds. The number of amides is 1. The Bertz CT molecular complexity index is 522. The van der Waals surface area contributed by atoms with Gasteiger partial charge >= 0.3 is 0 Å². The summed E-state index contributed by atoms with van der Waals surface area (Å²) in [5.74, 6) is 0.0557. The highest BCUT2D eigenvalue weighted by molar-refractivity contribution is 6.30. The van der Waals surface area contributed by atoms with Crippen molar-refractivity contribution in [3.05, 3.63) is 65.2 Å². The number of hydrogen-bond donors (Lipinski definition) is 1. The second kappa shape index (κ2) is 6.95. The second-order valence-corrected chi connectivity index (χ2v) is 4.83. The largest absolute Gasteiger partial charge is 0.326 e. The van der Waals surface area contributed by atoms with Crippen LogP contribution in [0.4, 0.5) is 5.69 Å². The number of para-hydroxylation sites is 1. The fraction of sp³-hybridized carbons (Fsp3) is 0.188. The summed E-state index contributed by atoms with van der Waals surface area (Å²) in [5.41, 5.74) is 2.05. The van der Waals surface area contributed by atoms with Gasteiger partial charge in [0.25, 0.3) is 0 Å². The first kappa shape index (κ1) is 13.6. The van der Waals surface area contributed by atoms with Gasteiger partial charge in [0.05, 0.1) is 0 Å². The SMILES string of the molecule is O=C(CCCc1ccc(Cl)cc1)Nc1ccccc1. The number of nitrogens with one attached hydrogen (secondary N) is 1. The number of aryl methyl sites for hydroxylation is 1. The zero-order valence-electron chi connectivity index (χ0n) is 10.6. The summed E-state index contributed by atoms with van der Waals surface area (Å²) in [4.78, 5) is 11.7. The van der Waals surface area contributed by atoms with Crippen LogP contribution in [-0.2, 0) is 11.2 Å². The molecule has 19 heavy (non-hydrogen) atoms. The molecule has 2 rings (SSSR count). The van der Waals surface area contributed by atoms with E-state index in [0.717, 1.165) is 23.6 Å². The van der Waals surface area contributed by atoms with Gasteiger partial charge in [-0.3, -0.25) is 4.79 Å². The van der Waals surface area contributed by atoms with Gasteiger partial charge in [0, 0.05) is 17.1 Å². The van der Waals surface area contributed by atoms with Gasteiger partial charge in [0.15, 0.2) is 0 Å². The molecule has 0 fully saturated rings. The van der Waals surface area contributed by atoms with E-state index in [2.05, 4.69) is 5.32 Å². The third kappa shape index (κ3) is 4.76. The van der Waals surface area contributed by atoms with Gasteiger partial charge in [-0.25, -0.2) is 0 Å². The van der Waals surface area contributed by atoms with Crippen LogP contribution in [0.15, 0.2) is 54.6 Å². The number of benzene rings is 2. The van der Waals surface area contributed by atoms with Gasteiger partial charge in [-0.05, 0) is 42.7 Å². The van der Waals surface area contributed by atoms with Crippen LogP contribution in [0.2, 0.25) is 5.02 Å². The Morgan fingerprint density at radius 3 is 2.37 bits per heavy atom. The molecule has 2 aromatic carbocycles. The standard InChI is InChI=1S/C16H16ClNO/c17-14-11-9-13(10-12-14)5-4-8-16(19)18-15-6-2-1-3-7-15/h1-3,6-7,9-12H,4-5,8H2,(H,18,19). The maximum absolute atomic E-state index is 11.7. The van der Waals surface area contributed by atoms with E-state index in [1.807, 2.05) is 54.6 Å². The normalized spacial score (nSPS) is 10.2. The average molecular weight is 274 g/mol. The first-order valence-electron chi connectivity index (χ1n) is 6.33. The van der Waals surface area contributed by atoms with Crippen molar-refractivity contribution in [2.75, 3.05) is 5.32 Å². The Kier molecular flexibility index (Phi) is 4.99. The van der Waals surface area contributed by atoms with Crippen molar-refractivity contribution < 1.29 is 4.79 Å². The topological polar surface area (TPSA) is 29.1 Å². The molecule has 0 heterocycles. The molecule has 2 aromatic rings. The number of carbonyl (C=O) groups is 1. The summed E-state index contributed by atoms with van der Waals surface area (Å²) in [6, 6.07) is 17.3. The molecule has 0 aliphatic rings. The number of hydrogen-bond acceptors (Lipinski definition) is 1. The highest BCUT2D eigenvalue weighted by Gasteiger charge is 2.02. The molecule has 98 valence electrons. The minimum Gasteiger partial charge on any atom is -0.326 e. The summed E-state index contributed by atoms with van der Waals surface area (Å²) in [7, 11) is 0. The Balaban J connectivity index is 1.74. The second-order valence-electron chi connectivity index (χ2n) is 4.39. The van der Waals surface area contributed by atoms with Gasteiger partial charge in [0.2, 0.25) is 5.91 Å². The minimum absolute atomic E-state index is 0.0557. The van der Waals surface area contributed by atoms with Crippen LogP contribution in [0.5, 0.6) is 0 Å². The number of anilines is 1. The molecule has 2 nitrogen and oxygen atoms in total. The van der Waals surface area contributed by atoms with Crippen molar-refractivity contribution in [1.82, 2.24) is 0 Å². The van der Waals surface area contributed by atoms with Gasteiger partial charge in [-0.1, -0.05) is 41.9 Å². The maximum atomic E-state index is 11.7. The molecule has 0 spiro atoms. The minimum atomic E-state index is 0.0557. The van der Waals surface area contributed by atoms with Crippen molar-refractivity contribution in [1.29, 1.82) is 0 Å². The third-order valence-corrected chi connectivity index (χ3v) is 3.09. The highest BCUT2D eigenvalue weighted by Crippen LogP contribution is 2.12. The molecule has 0 saturated carbocycles. The van der Waals surface area contributed by atoms with E-state index in [4.69, 9.17) is 11.6 Å².